The molecule has 0 aliphatic heterocycles. The predicted molar refractivity (Wildman–Crippen MR) is 81.4 cm³/mol. The summed E-state index contributed by atoms with van der Waals surface area (Å²) < 4.78 is 17.7. The molecule has 0 saturated heterocycles. The first kappa shape index (κ1) is 15.8. The zero-order valence-electron chi connectivity index (χ0n) is 12.2. The van der Waals surface area contributed by atoms with E-state index < -0.39 is 5.91 Å². The van der Waals surface area contributed by atoms with Crippen molar-refractivity contribution in [1.82, 2.24) is 9.97 Å². The topological polar surface area (TPSA) is 76.1 Å². The smallest absolute Gasteiger partial charge is 0.275 e. The maximum absolute atomic E-state index is 12.8. The van der Waals surface area contributed by atoms with E-state index in [9.17, 15) is 9.18 Å². The summed E-state index contributed by atoms with van der Waals surface area (Å²) in [5, 5.41) is 5.69. The van der Waals surface area contributed by atoms with Gasteiger partial charge in [0.1, 0.15) is 17.3 Å². The second-order valence-corrected chi connectivity index (χ2v) is 4.52. The van der Waals surface area contributed by atoms with Gasteiger partial charge in [0.05, 0.1) is 12.4 Å². The maximum atomic E-state index is 12.8. The van der Waals surface area contributed by atoms with Gasteiger partial charge in [-0.25, -0.2) is 14.4 Å². The molecule has 0 aliphatic rings. The lowest BCUT2D eigenvalue weighted by atomic mass is 10.3. The first-order chi connectivity index (χ1) is 10.7. The monoisotopic (exact) mass is 304 g/mol. The van der Waals surface area contributed by atoms with E-state index in [4.69, 9.17) is 4.74 Å². The molecule has 22 heavy (non-hydrogen) atoms. The van der Waals surface area contributed by atoms with Gasteiger partial charge < -0.3 is 15.4 Å². The van der Waals surface area contributed by atoms with Crippen LogP contribution in [0.5, 0.6) is 0 Å². The second-order valence-electron chi connectivity index (χ2n) is 4.52. The maximum Gasteiger partial charge on any atom is 0.275 e. The van der Waals surface area contributed by atoms with Crippen LogP contribution in [0.4, 0.5) is 15.9 Å². The Morgan fingerprint density at radius 3 is 2.64 bits per heavy atom. The van der Waals surface area contributed by atoms with Crippen molar-refractivity contribution in [3.8, 4) is 0 Å². The van der Waals surface area contributed by atoms with E-state index in [0.717, 1.165) is 6.42 Å². The minimum atomic E-state index is -0.398. The highest BCUT2D eigenvalue weighted by atomic mass is 19.1. The lowest BCUT2D eigenvalue weighted by molar-refractivity contribution is 0.102. The fourth-order valence-corrected chi connectivity index (χ4v) is 1.70. The van der Waals surface area contributed by atoms with Crippen LogP contribution in [-0.2, 0) is 4.74 Å². The molecule has 0 fully saturated rings. The fourth-order valence-electron chi connectivity index (χ4n) is 1.70. The van der Waals surface area contributed by atoms with Gasteiger partial charge in [-0.3, -0.25) is 4.79 Å². The number of hydrogen-bond donors (Lipinski definition) is 2. The van der Waals surface area contributed by atoms with E-state index in [-0.39, 0.29) is 11.5 Å². The number of ether oxygens (including phenoxy) is 1. The van der Waals surface area contributed by atoms with E-state index in [0.29, 0.717) is 24.7 Å². The molecule has 1 aromatic heterocycles. The van der Waals surface area contributed by atoms with Crippen molar-refractivity contribution in [1.29, 1.82) is 0 Å². The summed E-state index contributed by atoms with van der Waals surface area (Å²) in [7, 11) is 1.65. The number of amides is 1. The van der Waals surface area contributed by atoms with Gasteiger partial charge in [0, 0.05) is 25.9 Å². The third-order valence-corrected chi connectivity index (χ3v) is 2.82. The number of carbonyl (C=O) groups excluding carboxylic acids is 1. The quantitative estimate of drug-likeness (QED) is 0.768. The Kier molecular flexibility index (Phi) is 5.79. The van der Waals surface area contributed by atoms with Gasteiger partial charge in [-0.2, -0.15) is 0 Å². The minimum absolute atomic E-state index is 0.187. The normalized spacial score (nSPS) is 10.3. The molecule has 1 heterocycles. The zero-order valence-corrected chi connectivity index (χ0v) is 12.2. The molecule has 2 rings (SSSR count). The average molecular weight is 304 g/mol. The van der Waals surface area contributed by atoms with Crippen LogP contribution >= 0.6 is 0 Å². The number of hydrogen-bond acceptors (Lipinski definition) is 5. The van der Waals surface area contributed by atoms with Crippen LogP contribution in [0.3, 0.4) is 0 Å². The van der Waals surface area contributed by atoms with Gasteiger partial charge in [0.25, 0.3) is 5.91 Å². The number of aromatic nitrogens is 2. The lowest BCUT2D eigenvalue weighted by Crippen LogP contribution is -2.14. The van der Waals surface area contributed by atoms with Gasteiger partial charge in [0.15, 0.2) is 0 Å². The number of nitrogens with zero attached hydrogens (tertiary/aromatic N) is 2. The molecule has 1 aromatic carbocycles. The van der Waals surface area contributed by atoms with E-state index in [2.05, 4.69) is 20.6 Å². The van der Waals surface area contributed by atoms with E-state index in [1.807, 2.05) is 0 Å². The lowest BCUT2D eigenvalue weighted by Gasteiger charge is -2.06. The SMILES string of the molecule is COCCCNc1cnc(C(=O)Nc2ccc(F)cc2)cn1. The molecule has 0 saturated carbocycles. The van der Waals surface area contributed by atoms with Crippen LogP contribution in [-0.4, -0.2) is 36.1 Å². The molecule has 0 radical (unpaired) electrons. The number of halogens is 1. The third-order valence-electron chi connectivity index (χ3n) is 2.82. The van der Waals surface area contributed by atoms with Crippen molar-refractivity contribution in [3.05, 3.63) is 48.2 Å². The van der Waals surface area contributed by atoms with Crippen LogP contribution in [0.2, 0.25) is 0 Å². The minimum Gasteiger partial charge on any atom is -0.385 e. The Balaban J connectivity index is 1.89. The van der Waals surface area contributed by atoms with E-state index >= 15 is 0 Å². The first-order valence-corrected chi connectivity index (χ1v) is 6.81. The van der Waals surface area contributed by atoms with Gasteiger partial charge >= 0.3 is 0 Å². The zero-order chi connectivity index (χ0) is 15.8. The van der Waals surface area contributed by atoms with Gasteiger partial charge in [-0.1, -0.05) is 0 Å². The van der Waals surface area contributed by atoms with Crippen LogP contribution in [0.15, 0.2) is 36.7 Å². The van der Waals surface area contributed by atoms with Gasteiger partial charge in [-0.05, 0) is 30.7 Å². The standard InChI is InChI=1S/C15H17FN4O2/c1-22-8-2-7-17-14-10-18-13(9-19-14)15(21)20-12-5-3-11(16)4-6-12/h3-6,9-10H,2,7-8H2,1H3,(H,17,19)(H,20,21). The van der Waals surface area contributed by atoms with E-state index in [1.165, 1.54) is 36.7 Å². The van der Waals surface area contributed by atoms with Crippen molar-refractivity contribution in [2.45, 2.75) is 6.42 Å². The molecular weight excluding hydrogens is 287 g/mol. The molecule has 0 bridgehead atoms. The molecule has 2 aromatic rings. The molecular formula is C15H17FN4O2. The Bertz CT molecular complexity index is 602. The molecule has 6 nitrogen and oxygen atoms in total. The largest absolute Gasteiger partial charge is 0.385 e. The summed E-state index contributed by atoms with van der Waals surface area (Å²) in [5.41, 5.74) is 0.682. The van der Waals surface area contributed by atoms with Crippen molar-refractivity contribution in [2.75, 3.05) is 30.9 Å². The number of anilines is 2. The van der Waals surface area contributed by atoms with Crippen LogP contribution < -0.4 is 10.6 Å². The fraction of sp³-hybridized carbons (Fsp3) is 0.267. The molecule has 0 aliphatic carbocycles. The summed E-state index contributed by atoms with van der Waals surface area (Å²) in [5.74, 6) is -0.166. The van der Waals surface area contributed by atoms with Crippen LogP contribution in [0, 0.1) is 5.82 Å². The molecule has 2 N–H and O–H groups in total. The highest BCUT2D eigenvalue weighted by Crippen LogP contribution is 2.10. The Morgan fingerprint density at radius 2 is 2.00 bits per heavy atom. The summed E-state index contributed by atoms with van der Waals surface area (Å²) in [6.07, 6.45) is 3.73. The summed E-state index contributed by atoms with van der Waals surface area (Å²) >= 11 is 0. The predicted octanol–water partition coefficient (Wildman–Crippen LogP) is 2.32. The molecule has 0 atom stereocenters. The molecule has 0 spiro atoms. The Morgan fingerprint density at radius 1 is 1.23 bits per heavy atom. The molecule has 1 amide bonds. The second kappa shape index (κ2) is 8.04. The highest BCUT2D eigenvalue weighted by Gasteiger charge is 2.08. The van der Waals surface area contributed by atoms with Crippen LogP contribution in [0.1, 0.15) is 16.9 Å². The number of rotatable bonds is 7. The van der Waals surface area contributed by atoms with E-state index in [1.54, 1.807) is 7.11 Å². The van der Waals surface area contributed by atoms with Crippen molar-refractivity contribution in [3.63, 3.8) is 0 Å². The van der Waals surface area contributed by atoms with Crippen molar-refractivity contribution in [2.24, 2.45) is 0 Å². The van der Waals surface area contributed by atoms with Gasteiger partial charge in [0.2, 0.25) is 0 Å². The number of benzene rings is 1. The van der Waals surface area contributed by atoms with Crippen LogP contribution in [0.25, 0.3) is 0 Å². The summed E-state index contributed by atoms with van der Waals surface area (Å²) in [6.45, 7) is 1.38. The first-order valence-electron chi connectivity index (χ1n) is 6.81. The van der Waals surface area contributed by atoms with Crippen molar-refractivity contribution < 1.29 is 13.9 Å². The summed E-state index contributed by atoms with van der Waals surface area (Å²) in [6, 6.07) is 5.50. The molecule has 7 heteroatoms. The number of carbonyl (C=O) groups is 1. The summed E-state index contributed by atoms with van der Waals surface area (Å²) in [4.78, 5) is 20.1. The molecule has 116 valence electrons. The number of nitrogens with one attached hydrogen (secondary N) is 2. The third kappa shape index (κ3) is 4.78. The van der Waals surface area contributed by atoms with Gasteiger partial charge in [-0.15, -0.1) is 0 Å². The van der Waals surface area contributed by atoms with Crippen molar-refractivity contribution >= 4 is 17.4 Å². The molecule has 0 unspecified atom stereocenters. The Hall–Kier alpha value is -2.54. The Labute approximate surface area is 127 Å². The highest BCUT2D eigenvalue weighted by molar-refractivity contribution is 6.02. The number of methoxy groups -OCH3 is 1. The average Bonchev–Trinajstić information content (AvgIpc) is 2.54.